The molecule has 24 heavy (non-hydrogen) atoms. The number of hydrogen-bond acceptors (Lipinski definition) is 4. The van der Waals surface area contributed by atoms with Crippen LogP contribution in [0.1, 0.15) is 34.0 Å². The van der Waals surface area contributed by atoms with E-state index in [9.17, 15) is 9.59 Å². The van der Waals surface area contributed by atoms with Crippen LogP contribution in [0.5, 0.6) is 0 Å². The summed E-state index contributed by atoms with van der Waals surface area (Å²) in [6, 6.07) is 6.70. The zero-order chi connectivity index (χ0) is 17.9. The third-order valence-electron chi connectivity index (χ3n) is 3.47. The minimum absolute atomic E-state index is 0.300. The third-order valence-corrected chi connectivity index (χ3v) is 5.17. The fraction of sp³-hybridized carbons (Fsp3) is 0.294. The molecule has 1 aromatic carbocycles. The maximum absolute atomic E-state index is 12.2. The third kappa shape index (κ3) is 4.29. The van der Waals surface area contributed by atoms with E-state index in [0.717, 1.165) is 16.9 Å². The van der Waals surface area contributed by atoms with Gasteiger partial charge >= 0.3 is 5.97 Å². The van der Waals surface area contributed by atoms with Crippen LogP contribution in [0.4, 0.5) is 5.69 Å². The molecule has 1 atom stereocenters. The van der Waals surface area contributed by atoms with Crippen molar-refractivity contribution in [3.63, 3.8) is 0 Å². The van der Waals surface area contributed by atoms with Crippen molar-refractivity contribution in [2.75, 3.05) is 5.32 Å². The Labute approximate surface area is 154 Å². The number of hydrogen-bond donors (Lipinski definition) is 1. The van der Waals surface area contributed by atoms with E-state index in [1.807, 2.05) is 13.8 Å². The fourth-order valence-electron chi connectivity index (χ4n) is 2.09. The first kappa shape index (κ1) is 18.8. The van der Waals surface area contributed by atoms with Crippen molar-refractivity contribution >= 4 is 52.1 Å². The number of thiophene rings is 1. The number of esters is 1. The van der Waals surface area contributed by atoms with Gasteiger partial charge in [-0.25, -0.2) is 4.79 Å². The lowest BCUT2D eigenvalue weighted by atomic mass is 10.2. The summed E-state index contributed by atoms with van der Waals surface area (Å²) < 4.78 is 5.24. The van der Waals surface area contributed by atoms with E-state index in [4.69, 9.17) is 27.9 Å². The average Bonchev–Trinajstić information content (AvgIpc) is 2.92. The van der Waals surface area contributed by atoms with Crippen LogP contribution in [0.2, 0.25) is 10.0 Å². The molecule has 0 bridgehead atoms. The van der Waals surface area contributed by atoms with Crippen LogP contribution in [0, 0.1) is 6.92 Å². The summed E-state index contributed by atoms with van der Waals surface area (Å²) >= 11 is 13.4. The van der Waals surface area contributed by atoms with Gasteiger partial charge in [0.1, 0.15) is 4.88 Å². The van der Waals surface area contributed by atoms with Crippen LogP contribution in [0.3, 0.4) is 0 Å². The number of ether oxygens (including phenoxy) is 1. The summed E-state index contributed by atoms with van der Waals surface area (Å²) in [5.74, 6) is -1.02. The first-order valence-electron chi connectivity index (χ1n) is 7.38. The van der Waals surface area contributed by atoms with Crippen LogP contribution in [0.15, 0.2) is 24.3 Å². The van der Waals surface area contributed by atoms with Crippen molar-refractivity contribution in [1.82, 2.24) is 0 Å². The minimum Gasteiger partial charge on any atom is -0.448 e. The Morgan fingerprint density at radius 1 is 1.29 bits per heavy atom. The van der Waals surface area contributed by atoms with Crippen LogP contribution < -0.4 is 5.32 Å². The maximum Gasteiger partial charge on any atom is 0.349 e. The largest absolute Gasteiger partial charge is 0.448 e. The molecule has 2 aromatic rings. The Balaban J connectivity index is 2.04. The first-order chi connectivity index (χ1) is 11.3. The van der Waals surface area contributed by atoms with Gasteiger partial charge in [0.15, 0.2) is 6.10 Å². The molecule has 0 aliphatic carbocycles. The Hall–Kier alpha value is -1.56. The fourth-order valence-corrected chi connectivity index (χ4v) is 3.57. The highest BCUT2D eigenvalue weighted by molar-refractivity contribution is 7.14. The van der Waals surface area contributed by atoms with Crippen molar-refractivity contribution in [1.29, 1.82) is 0 Å². The molecule has 4 nitrogen and oxygen atoms in total. The molecule has 1 aromatic heterocycles. The van der Waals surface area contributed by atoms with E-state index in [-0.39, 0.29) is 0 Å². The number of amides is 1. The molecule has 2 rings (SSSR count). The standard InChI is InChI=1S/C17H17Cl2NO3S/c1-4-11-8-14(24-10(11)3)17(22)23-9(2)16(21)20-15-12(18)6-5-7-13(15)19/h5-9H,4H2,1-3H3,(H,20,21)/t9-/m1/s1. The van der Waals surface area contributed by atoms with Gasteiger partial charge in [-0.2, -0.15) is 0 Å². The van der Waals surface area contributed by atoms with Crippen LogP contribution in [0.25, 0.3) is 0 Å². The first-order valence-corrected chi connectivity index (χ1v) is 8.95. The van der Waals surface area contributed by atoms with Crippen molar-refractivity contribution in [3.05, 3.63) is 49.6 Å². The molecular formula is C17H17Cl2NO3S. The molecule has 0 aliphatic rings. The average molecular weight is 386 g/mol. The van der Waals surface area contributed by atoms with Crippen LogP contribution >= 0.6 is 34.5 Å². The van der Waals surface area contributed by atoms with Crippen molar-refractivity contribution < 1.29 is 14.3 Å². The van der Waals surface area contributed by atoms with Gasteiger partial charge < -0.3 is 10.1 Å². The molecule has 1 heterocycles. The Bertz CT molecular complexity index is 753. The highest BCUT2D eigenvalue weighted by Crippen LogP contribution is 2.30. The number of aryl methyl sites for hydroxylation is 2. The van der Waals surface area contributed by atoms with Gasteiger partial charge in [0.2, 0.25) is 0 Å². The SMILES string of the molecule is CCc1cc(C(=O)O[C@H](C)C(=O)Nc2c(Cl)cccc2Cl)sc1C. The van der Waals surface area contributed by atoms with Gasteiger partial charge in [0.25, 0.3) is 5.91 Å². The number of rotatable bonds is 5. The number of carbonyl (C=O) groups excluding carboxylic acids is 2. The summed E-state index contributed by atoms with van der Waals surface area (Å²) in [6.07, 6.45) is -0.131. The van der Waals surface area contributed by atoms with E-state index in [1.165, 1.54) is 18.3 Å². The number of nitrogens with one attached hydrogen (secondary N) is 1. The van der Waals surface area contributed by atoms with Gasteiger partial charge in [-0.05, 0) is 44.0 Å². The summed E-state index contributed by atoms with van der Waals surface area (Å²) in [4.78, 5) is 26.0. The number of para-hydroxylation sites is 1. The molecule has 0 radical (unpaired) electrons. The second-order valence-corrected chi connectivity index (χ2v) is 7.25. The predicted octanol–water partition coefficient (Wildman–Crippen LogP) is 5.11. The number of benzene rings is 1. The number of anilines is 1. The topological polar surface area (TPSA) is 55.4 Å². The minimum atomic E-state index is -0.975. The quantitative estimate of drug-likeness (QED) is 0.727. The smallest absolute Gasteiger partial charge is 0.349 e. The Morgan fingerprint density at radius 3 is 2.46 bits per heavy atom. The second-order valence-electron chi connectivity index (χ2n) is 5.18. The van der Waals surface area contributed by atoms with Gasteiger partial charge in [-0.3, -0.25) is 4.79 Å². The molecule has 0 saturated carbocycles. The molecule has 7 heteroatoms. The molecule has 1 amide bonds. The molecule has 0 unspecified atom stereocenters. The molecule has 128 valence electrons. The summed E-state index contributed by atoms with van der Waals surface area (Å²) in [5, 5.41) is 3.22. The Morgan fingerprint density at radius 2 is 1.92 bits per heavy atom. The molecule has 0 aliphatic heterocycles. The molecule has 0 saturated heterocycles. The van der Waals surface area contributed by atoms with Gasteiger partial charge in [0.05, 0.1) is 15.7 Å². The molecular weight excluding hydrogens is 369 g/mol. The maximum atomic E-state index is 12.2. The number of halogens is 2. The normalized spacial score (nSPS) is 11.9. The van der Waals surface area contributed by atoms with E-state index < -0.39 is 18.0 Å². The second kappa shape index (κ2) is 8.01. The predicted molar refractivity (Wildman–Crippen MR) is 98.4 cm³/mol. The van der Waals surface area contributed by atoms with E-state index in [0.29, 0.717) is 20.6 Å². The number of carbonyl (C=O) groups is 2. The lowest BCUT2D eigenvalue weighted by molar-refractivity contribution is -0.123. The molecule has 1 N–H and O–H groups in total. The van der Waals surface area contributed by atoms with Gasteiger partial charge in [-0.15, -0.1) is 11.3 Å². The summed E-state index contributed by atoms with van der Waals surface area (Å²) in [6.45, 7) is 5.47. The zero-order valence-electron chi connectivity index (χ0n) is 13.5. The van der Waals surface area contributed by atoms with Crippen molar-refractivity contribution in [2.24, 2.45) is 0 Å². The van der Waals surface area contributed by atoms with Crippen LogP contribution in [-0.2, 0) is 16.0 Å². The zero-order valence-corrected chi connectivity index (χ0v) is 15.8. The Kier molecular flexibility index (Phi) is 6.27. The van der Waals surface area contributed by atoms with Crippen molar-refractivity contribution in [2.45, 2.75) is 33.3 Å². The summed E-state index contributed by atoms with van der Waals surface area (Å²) in [5.41, 5.74) is 1.40. The van der Waals surface area contributed by atoms with E-state index >= 15 is 0 Å². The monoisotopic (exact) mass is 385 g/mol. The molecule has 0 spiro atoms. The molecule has 0 fully saturated rings. The highest BCUT2D eigenvalue weighted by atomic mass is 35.5. The lowest BCUT2D eigenvalue weighted by Gasteiger charge is -2.14. The summed E-state index contributed by atoms with van der Waals surface area (Å²) in [7, 11) is 0. The van der Waals surface area contributed by atoms with Gasteiger partial charge in [-0.1, -0.05) is 36.2 Å². The highest BCUT2D eigenvalue weighted by Gasteiger charge is 2.22. The van der Waals surface area contributed by atoms with Gasteiger partial charge in [0, 0.05) is 4.88 Å². The lowest BCUT2D eigenvalue weighted by Crippen LogP contribution is -2.30. The van der Waals surface area contributed by atoms with Crippen LogP contribution in [-0.4, -0.2) is 18.0 Å². The van der Waals surface area contributed by atoms with Crippen molar-refractivity contribution in [3.8, 4) is 0 Å². The van der Waals surface area contributed by atoms with E-state index in [1.54, 1.807) is 24.3 Å². The van der Waals surface area contributed by atoms with E-state index in [2.05, 4.69) is 5.32 Å².